The Morgan fingerprint density at radius 3 is 2.33 bits per heavy atom. The Balaban J connectivity index is 2.41. The fourth-order valence-corrected chi connectivity index (χ4v) is 2.38. The summed E-state index contributed by atoms with van der Waals surface area (Å²) in [5.74, 6) is 0. The molecule has 0 aliphatic rings. The highest BCUT2D eigenvalue weighted by molar-refractivity contribution is 7.10. The van der Waals surface area contributed by atoms with Crippen LogP contribution in [0.2, 0.25) is 0 Å². The van der Waals surface area contributed by atoms with Crippen LogP contribution in [0.3, 0.4) is 0 Å². The van der Waals surface area contributed by atoms with Gasteiger partial charge in [0.15, 0.2) is 0 Å². The van der Waals surface area contributed by atoms with E-state index < -0.39 is 5.60 Å². The third kappa shape index (κ3) is 1.96. The average Bonchev–Trinajstić information content (AvgIpc) is 2.71. The molecule has 2 heteroatoms. The van der Waals surface area contributed by atoms with Gasteiger partial charge >= 0.3 is 0 Å². The molecule has 1 nitrogen and oxygen atoms in total. The Hall–Kier alpha value is -1.12. The standard InChI is InChI=1S/C13H14OS/c1-10-5-7-11(8-6-10)13(2,14)12-4-3-9-15-12/h3-9,14H,1-2H3. The maximum absolute atomic E-state index is 10.4. The van der Waals surface area contributed by atoms with E-state index in [1.54, 1.807) is 11.3 Å². The van der Waals surface area contributed by atoms with Crippen LogP contribution in [0.5, 0.6) is 0 Å². The zero-order valence-corrected chi connectivity index (χ0v) is 9.71. The van der Waals surface area contributed by atoms with Crippen LogP contribution in [0.25, 0.3) is 0 Å². The molecule has 78 valence electrons. The number of aliphatic hydroxyl groups is 1. The lowest BCUT2D eigenvalue weighted by atomic mass is 9.94. The lowest BCUT2D eigenvalue weighted by Gasteiger charge is -2.22. The van der Waals surface area contributed by atoms with Crippen LogP contribution in [0.4, 0.5) is 0 Å². The van der Waals surface area contributed by atoms with Gasteiger partial charge in [-0.05, 0) is 30.9 Å². The number of hydrogen-bond acceptors (Lipinski definition) is 2. The zero-order valence-electron chi connectivity index (χ0n) is 8.90. The van der Waals surface area contributed by atoms with Gasteiger partial charge < -0.3 is 5.11 Å². The smallest absolute Gasteiger partial charge is 0.121 e. The Kier molecular flexibility index (Phi) is 2.63. The van der Waals surface area contributed by atoms with Gasteiger partial charge in [0.05, 0.1) is 0 Å². The van der Waals surface area contributed by atoms with Crippen molar-refractivity contribution in [1.82, 2.24) is 0 Å². The summed E-state index contributed by atoms with van der Waals surface area (Å²) in [4.78, 5) is 0.978. The summed E-state index contributed by atoms with van der Waals surface area (Å²) >= 11 is 1.58. The summed E-state index contributed by atoms with van der Waals surface area (Å²) in [6.45, 7) is 3.88. The molecular weight excluding hydrogens is 204 g/mol. The summed E-state index contributed by atoms with van der Waals surface area (Å²) in [5.41, 5.74) is 1.28. The highest BCUT2D eigenvalue weighted by Crippen LogP contribution is 2.32. The van der Waals surface area contributed by atoms with Crippen LogP contribution >= 0.6 is 11.3 Å². The predicted molar refractivity (Wildman–Crippen MR) is 64.2 cm³/mol. The number of benzene rings is 1. The molecule has 0 saturated heterocycles. The minimum atomic E-state index is -0.873. The van der Waals surface area contributed by atoms with Crippen molar-refractivity contribution in [2.24, 2.45) is 0 Å². The highest BCUT2D eigenvalue weighted by Gasteiger charge is 2.26. The molecular formula is C13H14OS. The Bertz CT molecular complexity index is 426. The SMILES string of the molecule is Cc1ccc(C(C)(O)c2cccs2)cc1. The Morgan fingerprint density at radius 1 is 1.13 bits per heavy atom. The van der Waals surface area contributed by atoms with Crippen LogP contribution in [-0.2, 0) is 5.60 Å². The number of thiophene rings is 1. The average molecular weight is 218 g/mol. The second-order valence-electron chi connectivity index (χ2n) is 3.92. The minimum absolute atomic E-state index is 0.873. The third-order valence-electron chi connectivity index (χ3n) is 2.61. The van der Waals surface area contributed by atoms with Gasteiger partial charge in [-0.15, -0.1) is 11.3 Å². The third-order valence-corrected chi connectivity index (χ3v) is 3.70. The van der Waals surface area contributed by atoms with E-state index in [4.69, 9.17) is 0 Å². The molecule has 0 bridgehead atoms. The molecule has 2 aromatic rings. The quantitative estimate of drug-likeness (QED) is 0.820. The fourth-order valence-electron chi connectivity index (χ4n) is 1.58. The molecule has 1 atom stereocenters. The van der Waals surface area contributed by atoms with Gasteiger partial charge in [-0.3, -0.25) is 0 Å². The zero-order chi connectivity index (χ0) is 10.9. The fraction of sp³-hybridized carbons (Fsp3) is 0.231. The van der Waals surface area contributed by atoms with Crippen molar-refractivity contribution in [3.63, 3.8) is 0 Å². The first-order valence-corrected chi connectivity index (χ1v) is 5.82. The van der Waals surface area contributed by atoms with E-state index in [0.717, 1.165) is 10.4 Å². The molecule has 1 heterocycles. The summed E-state index contributed by atoms with van der Waals surface area (Å²) in [7, 11) is 0. The van der Waals surface area contributed by atoms with Crippen LogP contribution in [0.1, 0.15) is 22.9 Å². The largest absolute Gasteiger partial charge is 0.380 e. The van der Waals surface area contributed by atoms with E-state index in [0.29, 0.717) is 0 Å². The first-order chi connectivity index (χ1) is 7.10. The molecule has 1 aromatic heterocycles. The van der Waals surface area contributed by atoms with Crippen molar-refractivity contribution in [3.05, 3.63) is 57.8 Å². The summed E-state index contributed by atoms with van der Waals surface area (Å²) in [5, 5.41) is 12.4. The second-order valence-corrected chi connectivity index (χ2v) is 4.86. The first-order valence-electron chi connectivity index (χ1n) is 4.94. The lowest BCUT2D eigenvalue weighted by molar-refractivity contribution is 0.106. The van der Waals surface area contributed by atoms with Crippen molar-refractivity contribution in [1.29, 1.82) is 0 Å². The molecule has 1 unspecified atom stereocenters. The number of aryl methyl sites for hydroxylation is 1. The first kappa shape index (κ1) is 10.4. The van der Waals surface area contributed by atoms with Gasteiger partial charge in [0.1, 0.15) is 5.60 Å². The van der Waals surface area contributed by atoms with Crippen LogP contribution in [-0.4, -0.2) is 5.11 Å². The lowest BCUT2D eigenvalue weighted by Crippen LogP contribution is -2.21. The molecule has 1 N–H and O–H groups in total. The summed E-state index contributed by atoms with van der Waals surface area (Å²) in [6, 6.07) is 11.9. The molecule has 15 heavy (non-hydrogen) atoms. The predicted octanol–water partition coefficient (Wildman–Crippen LogP) is 3.31. The van der Waals surface area contributed by atoms with Crippen molar-refractivity contribution in [2.45, 2.75) is 19.4 Å². The summed E-state index contributed by atoms with van der Waals surface area (Å²) in [6.07, 6.45) is 0. The van der Waals surface area contributed by atoms with Gasteiger partial charge in [-0.2, -0.15) is 0 Å². The van der Waals surface area contributed by atoms with Gasteiger partial charge in [-0.1, -0.05) is 35.9 Å². The van der Waals surface area contributed by atoms with Crippen molar-refractivity contribution in [3.8, 4) is 0 Å². The second kappa shape index (κ2) is 3.80. The topological polar surface area (TPSA) is 20.2 Å². The normalized spacial score (nSPS) is 14.9. The summed E-state index contributed by atoms with van der Waals surface area (Å²) < 4.78 is 0. The molecule has 0 fully saturated rings. The van der Waals surface area contributed by atoms with E-state index in [9.17, 15) is 5.11 Å². The van der Waals surface area contributed by atoms with Gasteiger partial charge in [0.25, 0.3) is 0 Å². The molecule has 0 saturated carbocycles. The van der Waals surface area contributed by atoms with E-state index in [1.165, 1.54) is 5.56 Å². The highest BCUT2D eigenvalue weighted by atomic mass is 32.1. The number of hydrogen-bond donors (Lipinski definition) is 1. The molecule has 2 rings (SSSR count). The van der Waals surface area contributed by atoms with Crippen LogP contribution < -0.4 is 0 Å². The molecule has 0 aliphatic carbocycles. The van der Waals surface area contributed by atoms with Crippen LogP contribution in [0.15, 0.2) is 41.8 Å². The maximum Gasteiger partial charge on any atom is 0.121 e. The van der Waals surface area contributed by atoms with E-state index in [1.807, 2.05) is 55.6 Å². The van der Waals surface area contributed by atoms with E-state index in [2.05, 4.69) is 0 Å². The van der Waals surface area contributed by atoms with Crippen molar-refractivity contribution in [2.75, 3.05) is 0 Å². The van der Waals surface area contributed by atoms with Gasteiger partial charge in [-0.25, -0.2) is 0 Å². The number of rotatable bonds is 2. The van der Waals surface area contributed by atoms with Crippen molar-refractivity contribution >= 4 is 11.3 Å². The Morgan fingerprint density at radius 2 is 1.80 bits per heavy atom. The van der Waals surface area contributed by atoms with Crippen LogP contribution in [0, 0.1) is 6.92 Å². The monoisotopic (exact) mass is 218 g/mol. The van der Waals surface area contributed by atoms with Gasteiger partial charge in [0.2, 0.25) is 0 Å². The molecule has 0 aliphatic heterocycles. The molecule has 0 spiro atoms. The minimum Gasteiger partial charge on any atom is -0.380 e. The molecule has 0 amide bonds. The van der Waals surface area contributed by atoms with Crippen molar-refractivity contribution < 1.29 is 5.11 Å². The molecule has 1 aromatic carbocycles. The van der Waals surface area contributed by atoms with E-state index >= 15 is 0 Å². The van der Waals surface area contributed by atoms with Gasteiger partial charge in [0, 0.05) is 4.88 Å². The Labute approximate surface area is 94.0 Å². The maximum atomic E-state index is 10.4. The molecule has 0 radical (unpaired) electrons. The van der Waals surface area contributed by atoms with E-state index in [-0.39, 0.29) is 0 Å².